The number of ketones is 1. The number of hydrogen-bond donors (Lipinski definition) is 1. The molecule has 5 aliphatic rings. The monoisotopic (exact) mass is 468 g/mol. The van der Waals surface area contributed by atoms with Crippen molar-refractivity contribution in [3.05, 3.63) is 11.6 Å². The van der Waals surface area contributed by atoms with Crippen LogP contribution in [0.25, 0.3) is 0 Å². The van der Waals surface area contributed by atoms with E-state index in [2.05, 4.69) is 40.7 Å². The van der Waals surface area contributed by atoms with Gasteiger partial charge in [0.1, 0.15) is 12.1 Å². The second-order valence-electron chi connectivity index (χ2n) is 14.4. The van der Waals surface area contributed by atoms with E-state index >= 15 is 0 Å². The first kappa shape index (κ1) is 24.3. The summed E-state index contributed by atoms with van der Waals surface area (Å²) in [5, 5.41) is 10.5. The maximum Gasteiger partial charge on any atom is 0.313 e. The van der Waals surface area contributed by atoms with E-state index in [-0.39, 0.29) is 33.4 Å². The zero-order valence-corrected chi connectivity index (χ0v) is 22.1. The first-order valence-corrected chi connectivity index (χ1v) is 13.7. The minimum absolute atomic E-state index is 0.0217. The van der Waals surface area contributed by atoms with E-state index in [1.54, 1.807) is 0 Å². The van der Waals surface area contributed by atoms with Crippen LogP contribution in [0.3, 0.4) is 0 Å². The first-order valence-electron chi connectivity index (χ1n) is 13.7. The molecule has 0 aromatic heterocycles. The van der Waals surface area contributed by atoms with E-state index in [0.29, 0.717) is 18.3 Å². The number of rotatable bonds is 2. The van der Waals surface area contributed by atoms with Gasteiger partial charge in [0.25, 0.3) is 0 Å². The number of carboxylic acids is 1. The molecule has 0 saturated heterocycles. The van der Waals surface area contributed by atoms with E-state index in [9.17, 15) is 19.5 Å². The lowest BCUT2D eigenvalue weighted by atomic mass is 9.32. The normalized spacial score (nSPS) is 51.8. The Labute approximate surface area is 205 Å². The van der Waals surface area contributed by atoms with Crippen LogP contribution in [0.4, 0.5) is 0 Å². The minimum atomic E-state index is -0.854. The fourth-order valence-corrected chi connectivity index (χ4v) is 10.4. The summed E-state index contributed by atoms with van der Waals surface area (Å²) in [4.78, 5) is 37.9. The molecule has 1 N–H and O–H groups in total. The number of carbonyl (C=O) groups is 3. The lowest BCUT2D eigenvalue weighted by Gasteiger charge is -2.71. The smallest absolute Gasteiger partial charge is 0.313 e. The van der Waals surface area contributed by atoms with Gasteiger partial charge in [0.2, 0.25) is 0 Å². The van der Waals surface area contributed by atoms with Gasteiger partial charge in [-0.3, -0.25) is 9.59 Å². The largest absolute Gasteiger partial charge is 0.481 e. The van der Waals surface area contributed by atoms with Crippen LogP contribution in [-0.4, -0.2) is 23.1 Å². The van der Waals surface area contributed by atoms with Crippen LogP contribution in [0.1, 0.15) is 106 Å². The summed E-state index contributed by atoms with van der Waals surface area (Å²) in [6, 6.07) is 0. The highest BCUT2D eigenvalue weighted by atomic mass is 16.4. The Kier molecular flexibility index (Phi) is 5.04. The highest BCUT2D eigenvalue weighted by Crippen LogP contribution is 2.76. The Balaban J connectivity index is 1.59. The van der Waals surface area contributed by atoms with Gasteiger partial charge in [-0.15, -0.1) is 0 Å². The van der Waals surface area contributed by atoms with Crippen molar-refractivity contribution >= 4 is 18.0 Å². The van der Waals surface area contributed by atoms with Gasteiger partial charge in [0.15, 0.2) is 0 Å². The van der Waals surface area contributed by atoms with E-state index in [0.717, 1.165) is 64.1 Å². The van der Waals surface area contributed by atoms with Crippen molar-refractivity contribution in [2.45, 2.75) is 106 Å². The van der Waals surface area contributed by atoms with Crippen molar-refractivity contribution < 1.29 is 19.5 Å². The van der Waals surface area contributed by atoms with Crippen molar-refractivity contribution in [1.82, 2.24) is 0 Å². The van der Waals surface area contributed by atoms with Crippen LogP contribution in [0.15, 0.2) is 11.6 Å². The molecule has 0 amide bonds. The van der Waals surface area contributed by atoms with E-state index < -0.39 is 16.8 Å². The van der Waals surface area contributed by atoms with Crippen molar-refractivity contribution in [2.75, 3.05) is 0 Å². The summed E-state index contributed by atoms with van der Waals surface area (Å²) in [6.45, 7) is 13.8. The third kappa shape index (κ3) is 2.75. The molecule has 34 heavy (non-hydrogen) atoms. The molecule has 0 aliphatic heterocycles. The highest BCUT2D eigenvalue weighted by Gasteiger charge is 2.70. The molecule has 0 radical (unpaired) electrons. The van der Waals surface area contributed by atoms with E-state index in [4.69, 9.17) is 0 Å². The maximum atomic E-state index is 12.9. The molecule has 4 fully saturated rings. The van der Waals surface area contributed by atoms with E-state index in [1.807, 2.05) is 6.92 Å². The number of hydrogen-bond acceptors (Lipinski definition) is 3. The van der Waals surface area contributed by atoms with Crippen LogP contribution in [0.5, 0.6) is 0 Å². The summed E-state index contributed by atoms with van der Waals surface area (Å²) in [7, 11) is 0. The minimum Gasteiger partial charge on any atom is -0.481 e. The Morgan fingerprint density at radius 1 is 0.882 bits per heavy atom. The maximum absolute atomic E-state index is 12.9. The molecule has 4 nitrogen and oxygen atoms in total. The third-order valence-corrected chi connectivity index (χ3v) is 12.7. The van der Waals surface area contributed by atoms with Crippen LogP contribution >= 0.6 is 0 Å². The second kappa shape index (κ2) is 7.07. The van der Waals surface area contributed by atoms with Crippen molar-refractivity contribution in [1.29, 1.82) is 0 Å². The Morgan fingerprint density at radius 2 is 1.56 bits per heavy atom. The van der Waals surface area contributed by atoms with Crippen LogP contribution < -0.4 is 0 Å². The van der Waals surface area contributed by atoms with Crippen LogP contribution in [-0.2, 0) is 14.4 Å². The average Bonchev–Trinajstić information content (AvgIpc) is 2.76. The first-order chi connectivity index (χ1) is 15.7. The number of aliphatic carboxylic acids is 1. The van der Waals surface area contributed by atoms with Gasteiger partial charge in [-0.05, 0) is 104 Å². The molecule has 3 unspecified atom stereocenters. The SMILES string of the molecule is CC1(C)C=C2C3CCC4[C@@]5(C)CCC(=O)[C@](C)(C=O)C5CC[C@@]4(C)[C@]3(C)CC[C@@]2(C(=O)O)CC1. The van der Waals surface area contributed by atoms with Gasteiger partial charge in [-0.2, -0.15) is 0 Å². The molecule has 0 bridgehead atoms. The lowest BCUT2D eigenvalue weighted by molar-refractivity contribution is -0.212. The van der Waals surface area contributed by atoms with Gasteiger partial charge in [-0.25, -0.2) is 0 Å². The standard InChI is InChI=1S/C30H44O4/c1-25(2)13-15-30(24(33)34)16-14-28(5)19(20(30)17-25)7-8-22-26(3)11-10-23(32)27(4,18-31)21(26)9-12-29(22,28)6/h17-19,21-22H,7-16H2,1-6H3,(H,33,34)/t19?,21?,22?,26-,27+,28+,29+,30-/m0/s1. The van der Waals surface area contributed by atoms with Gasteiger partial charge >= 0.3 is 5.97 Å². The number of fused-ring (bicyclic) bond motifs is 7. The fourth-order valence-electron chi connectivity index (χ4n) is 10.4. The number of carboxylic acid groups (broad SMARTS) is 1. The number of aldehydes is 1. The van der Waals surface area contributed by atoms with Crippen LogP contribution in [0.2, 0.25) is 0 Å². The Bertz CT molecular complexity index is 978. The Morgan fingerprint density at radius 3 is 2.21 bits per heavy atom. The topological polar surface area (TPSA) is 71.4 Å². The zero-order valence-electron chi connectivity index (χ0n) is 22.1. The molecular weight excluding hydrogens is 424 g/mol. The zero-order chi connectivity index (χ0) is 24.9. The van der Waals surface area contributed by atoms with Gasteiger partial charge < -0.3 is 9.90 Å². The van der Waals surface area contributed by atoms with Crippen LogP contribution in [0, 0.1) is 50.2 Å². The quantitative estimate of drug-likeness (QED) is 0.281. The highest BCUT2D eigenvalue weighted by molar-refractivity contribution is 5.99. The summed E-state index contributed by atoms with van der Waals surface area (Å²) in [6.07, 6.45) is 12.2. The summed E-state index contributed by atoms with van der Waals surface area (Å²) in [5.41, 5.74) is -0.159. The molecule has 5 rings (SSSR count). The number of allylic oxidation sites excluding steroid dienone is 1. The summed E-state index contributed by atoms with van der Waals surface area (Å²) < 4.78 is 0. The predicted octanol–water partition coefficient (Wildman–Crippen LogP) is 6.62. The van der Waals surface area contributed by atoms with Crippen molar-refractivity contribution in [2.24, 2.45) is 50.2 Å². The summed E-state index contributed by atoms with van der Waals surface area (Å²) in [5.74, 6) is 0.396. The molecule has 5 aliphatic carbocycles. The van der Waals surface area contributed by atoms with Crippen molar-refractivity contribution in [3.8, 4) is 0 Å². The molecule has 0 spiro atoms. The molecule has 0 heterocycles. The second-order valence-corrected chi connectivity index (χ2v) is 14.4. The number of carbonyl (C=O) groups excluding carboxylic acids is 2. The number of Topliss-reactive ketones (excluding diaryl/α,β-unsaturated/α-hetero) is 1. The van der Waals surface area contributed by atoms with Crippen molar-refractivity contribution in [3.63, 3.8) is 0 Å². The predicted molar refractivity (Wildman–Crippen MR) is 132 cm³/mol. The molecule has 4 saturated carbocycles. The molecule has 0 aromatic rings. The molecule has 8 atom stereocenters. The molecule has 4 heteroatoms. The fraction of sp³-hybridized carbons (Fsp3) is 0.833. The Hall–Kier alpha value is -1.45. The van der Waals surface area contributed by atoms with Gasteiger partial charge in [0, 0.05) is 6.42 Å². The lowest BCUT2D eigenvalue weighted by Crippen LogP contribution is -2.66. The van der Waals surface area contributed by atoms with Gasteiger partial charge in [0.05, 0.1) is 10.8 Å². The third-order valence-electron chi connectivity index (χ3n) is 12.7. The summed E-state index contributed by atoms with van der Waals surface area (Å²) >= 11 is 0. The molecule has 188 valence electrons. The van der Waals surface area contributed by atoms with Gasteiger partial charge in [-0.1, -0.05) is 46.3 Å². The van der Waals surface area contributed by atoms with E-state index in [1.165, 1.54) is 5.57 Å². The average molecular weight is 469 g/mol. The molecular formula is C30H44O4. The molecule has 0 aromatic carbocycles.